The van der Waals surface area contributed by atoms with E-state index in [0.29, 0.717) is 9.79 Å². The van der Waals surface area contributed by atoms with Crippen molar-refractivity contribution in [2.24, 2.45) is 0 Å². The van der Waals surface area contributed by atoms with Crippen LogP contribution in [0.5, 0.6) is 0 Å². The van der Waals surface area contributed by atoms with Crippen LogP contribution in [0.4, 0.5) is 17.6 Å². The molecule has 0 bridgehead atoms. The van der Waals surface area contributed by atoms with Crippen molar-refractivity contribution in [3.8, 4) is 0 Å². The number of hydrogen-bond donors (Lipinski definition) is 0. The van der Waals surface area contributed by atoms with Crippen LogP contribution in [0.3, 0.4) is 0 Å². The van der Waals surface area contributed by atoms with Gasteiger partial charge in [0.05, 0.1) is 23.6 Å². The maximum atomic E-state index is 14.0. The van der Waals surface area contributed by atoms with Crippen molar-refractivity contribution >= 4 is 16.9 Å². The Balaban J connectivity index is 2.13. The fraction of sp³-hybridized carbons (Fsp3) is 0.0952. The lowest BCUT2D eigenvalue weighted by Gasteiger charge is -2.11. The van der Waals surface area contributed by atoms with Gasteiger partial charge in [-0.25, -0.2) is 9.18 Å². The van der Waals surface area contributed by atoms with Gasteiger partial charge in [0, 0.05) is 6.07 Å². The molecule has 0 aliphatic carbocycles. The molecule has 0 N–H and O–H groups in total. The molecule has 1 unspecified atom stereocenters. The Bertz CT molecular complexity index is 970. The van der Waals surface area contributed by atoms with E-state index in [1.165, 1.54) is 24.3 Å². The Kier molecular flexibility index (Phi) is 5.74. The summed E-state index contributed by atoms with van der Waals surface area (Å²) in [4.78, 5) is 13.9. The molecule has 1 atom stereocenters. The summed E-state index contributed by atoms with van der Waals surface area (Å²) in [5.74, 6) is -1.54. The maximum Gasteiger partial charge on any atom is 0.416 e. The average Bonchev–Trinajstić information content (AvgIpc) is 2.69. The molecule has 0 saturated carbocycles. The topological polar surface area (TPSA) is 26.3 Å². The van der Waals surface area contributed by atoms with Crippen molar-refractivity contribution < 1.29 is 27.1 Å². The molecule has 144 valence electrons. The van der Waals surface area contributed by atoms with E-state index in [2.05, 4.69) is 4.74 Å². The first-order valence-corrected chi connectivity index (χ1v) is 9.38. The smallest absolute Gasteiger partial charge is 0.416 e. The quantitative estimate of drug-likeness (QED) is 0.314. The van der Waals surface area contributed by atoms with Gasteiger partial charge in [-0.05, 0) is 48.5 Å². The molecule has 7 heteroatoms. The van der Waals surface area contributed by atoms with E-state index in [4.69, 9.17) is 0 Å². The zero-order valence-corrected chi connectivity index (χ0v) is 15.5. The zero-order chi connectivity index (χ0) is 20.3. The Morgan fingerprint density at radius 3 is 2.00 bits per heavy atom. The second-order valence-corrected chi connectivity index (χ2v) is 7.80. The molecule has 28 heavy (non-hydrogen) atoms. The fourth-order valence-electron chi connectivity index (χ4n) is 2.64. The fourth-order valence-corrected chi connectivity index (χ4v) is 4.74. The summed E-state index contributed by atoms with van der Waals surface area (Å²) in [6.07, 6.45) is -4.43. The second kappa shape index (κ2) is 8.06. The first kappa shape index (κ1) is 19.9. The van der Waals surface area contributed by atoms with Gasteiger partial charge in [0.1, 0.15) is 11.4 Å². The molecule has 0 amide bonds. The Hall–Kier alpha value is -2.80. The van der Waals surface area contributed by atoms with Crippen molar-refractivity contribution in [3.63, 3.8) is 0 Å². The summed E-state index contributed by atoms with van der Waals surface area (Å²) in [7, 11) is 0.325. The highest BCUT2D eigenvalue weighted by Crippen LogP contribution is 2.35. The number of alkyl halides is 3. The largest absolute Gasteiger partial charge is 0.465 e. The normalized spacial score (nSPS) is 12.5. The highest BCUT2D eigenvalue weighted by atomic mass is 32.2. The number of benzene rings is 3. The van der Waals surface area contributed by atoms with Crippen LogP contribution in [0.15, 0.2) is 87.5 Å². The molecule has 2 nitrogen and oxygen atoms in total. The molecule has 0 aliphatic heterocycles. The molecule has 0 saturated heterocycles. The van der Waals surface area contributed by atoms with Gasteiger partial charge in [-0.2, -0.15) is 13.2 Å². The van der Waals surface area contributed by atoms with E-state index < -0.39 is 34.4 Å². The third-order valence-electron chi connectivity index (χ3n) is 3.98. The number of methoxy groups -OCH3 is 1. The number of ether oxygens (including phenoxy) is 1. The highest BCUT2D eigenvalue weighted by molar-refractivity contribution is 7.97. The monoisotopic (exact) mass is 407 g/mol. The molecular formula is C21H15F4O2S+. The van der Waals surface area contributed by atoms with Crippen molar-refractivity contribution in [2.75, 3.05) is 7.11 Å². The third-order valence-corrected chi connectivity index (χ3v) is 6.19. The number of carbonyl (C=O) groups is 1. The van der Waals surface area contributed by atoms with E-state index in [0.717, 1.165) is 30.2 Å². The van der Waals surface area contributed by atoms with Crippen molar-refractivity contribution in [1.82, 2.24) is 0 Å². The van der Waals surface area contributed by atoms with Crippen LogP contribution in [-0.2, 0) is 21.8 Å². The van der Waals surface area contributed by atoms with Gasteiger partial charge in [0.2, 0.25) is 0 Å². The lowest BCUT2D eigenvalue weighted by molar-refractivity contribution is -0.137. The summed E-state index contributed by atoms with van der Waals surface area (Å²) in [5.41, 5.74) is -0.970. The predicted octanol–water partition coefficient (Wildman–Crippen LogP) is 5.73. The van der Waals surface area contributed by atoms with E-state index in [1.807, 2.05) is 30.3 Å². The molecule has 3 aromatic carbocycles. The van der Waals surface area contributed by atoms with Crippen LogP contribution in [0.25, 0.3) is 0 Å². The molecule has 3 rings (SSSR count). The van der Waals surface area contributed by atoms with E-state index in [-0.39, 0.29) is 5.56 Å². The van der Waals surface area contributed by atoms with Gasteiger partial charge >= 0.3 is 12.1 Å². The number of halogens is 4. The van der Waals surface area contributed by atoms with E-state index >= 15 is 0 Å². The zero-order valence-electron chi connectivity index (χ0n) is 14.7. The minimum atomic E-state index is -4.43. The van der Waals surface area contributed by atoms with Crippen LogP contribution < -0.4 is 0 Å². The molecule has 0 aromatic heterocycles. The summed E-state index contributed by atoms with van der Waals surface area (Å²) in [6, 6.07) is 18.0. The molecular weight excluding hydrogens is 392 g/mol. The van der Waals surface area contributed by atoms with Gasteiger partial charge in [-0.15, -0.1) is 0 Å². The van der Waals surface area contributed by atoms with Crippen LogP contribution >= 0.6 is 0 Å². The van der Waals surface area contributed by atoms with Gasteiger partial charge in [0.15, 0.2) is 14.7 Å². The third kappa shape index (κ3) is 4.20. The Morgan fingerprint density at radius 1 is 0.857 bits per heavy atom. The SMILES string of the molecule is COC(=O)c1cc([S+](c2ccccc2)c2ccc(C(F)(F)F)cc2)ccc1F. The summed E-state index contributed by atoms with van der Waals surface area (Å²) < 4.78 is 57.4. The molecule has 0 radical (unpaired) electrons. The van der Waals surface area contributed by atoms with Crippen molar-refractivity contribution in [3.05, 3.63) is 89.7 Å². The van der Waals surface area contributed by atoms with Gasteiger partial charge in [0.25, 0.3) is 0 Å². The second-order valence-electron chi connectivity index (χ2n) is 5.77. The van der Waals surface area contributed by atoms with Gasteiger partial charge in [-0.3, -0.25) is 0 Å². The molecule has 0 fully saturated rings. The molecule has 0 heterocycles. The minimum Gasteiger partial charge on any atom is -0.465 e. The lowest BCUT2D eigenvalue weighted by Crippen LogP contribution is -2.10. The summed E-state index contributed by atoms with van der Waals surface area (Å²) in [5, 5.41) is 0. The average molecular weight is 407 g/mol. The Morgan fingerprint density at radius 2 is 1.43 bits per heavy atom. The van der Waals surface area contributed by atoms with Crippen LogP contribution in [-0.4, -0.2) is 13.1 Å². The van der Waals surface area contributed by atoms with E-state index in [9.17, 15) is 22.4 Å². The number of carbonyl (C=O) groups excluding carboxylic acids is 1. The van der Waals surface area contributed by atoms with Crippen LogP contribution in [0, 0.1) is 5.82 Å². The summed E-state index contributed by atoms with van der Waals surface area (Å²) in [6.45, 7) is 0. The molecule has 3 aromatic rings. The van der Waals surface area contributed by atoms with E-state index in [1.54, 1.807) is 0 Å². The first-order chi connectivity index (χ1) is 13.3. The number of hydrogen-bond acceptors (Lipinski definition) is 2. The maximum absolute atomic E-state index is 14.0. The lowest BCUT2D eigenvalue weighted by atomic mass is 10.2. The molecule has 0 aliphatic rings. The number of esters is 1. The van der Waals surface area contributed by atoms with Crippen LogP contribution in [0.2, 0.25) is 0 Å². The first-order valence-electron chi connectivity index (χ1n) is 8.15. The summed E-state index contributed by atoms with van der Waals surface area (Å²) >= 11 is 0. The number of rotatable bonds is 4. The van der Waals surface area contributed by atoms with Gasteiger partial charge in [-0.1, -0.05) is 18.2 Å². The van der Waals surface area contributed by atoms with Crippen molar-refractivity contribution in [2.45, 2.75) is 20.9 Å². The molecule has 0 spiro atoms. The highest BCUT2D eigenvalue weighted by Gasteiger charge is 2.34. The van der Waals surface area contributed by atoms with Crippen molar-refractivity contribution in [1.29, 1.82) is 0 Å². The standard InChI is InChI=1S/C21H15F4O2S/c1-27-20(26)18-13-17(11-12-19(18)22)28(15-5-3-2-4-6-15)16-9-7-14(8-10-16)21(23,24)25/h2-13H,1H3/q+1. The Labute approximate surface area is 162 Å². The minimum absolute atomic E-state index is 0.222. The predicted molar refractivity (Wildman–Crippen MR) is 97.8 cm³/mol. The van der Waals surface area contributed by atoms with Crippen LogP contribution in [0.1, 0.15) is 15.9 Å². The van der Waals surface area contributed by atoms with Gasteiger partial charge < -0.3 is 4.74 Å².